The molecule has 2 fully saturated rings. The number of nitrogens with zero attached hydrogens (tertiary/aromatic N) is 3. The van der Waals surface area contributed by atoms with E-state index in [1.54, 1.807) is 7.11 Å². The number of hydrogen-bond donors (Lipinski definition) is 1. The van der Waals surface area contributed by atoms with Crippen molar-refractivity contribution < 1.29 is 24.1 Å². The Kier molecular flexibility index (Phi) is 8.47. The lowest BCUT2D eigenvalue weighted by Gasteiger charge is -2.36. The first-order chi connectivity index (χ1) is 20.4. The minimum atomic E-state index is -0.805. The zero-order chi connectivity index (χ0) is 29.2. The average molecular weight is 572 g/mol. The van der Waals surface area contributed by atoms with Crippen molar-refractivity contribution in [1.29, 1.82) is 0 Å². The molecule has 2 atom stereocenters. The molecule has 1 N–H and O–H groups in total. The summed E-state index contributed by atoms with van der Waals surface area (Å²) in [4.78, 5) is 21.4. The summed E-state index contributed by atoms with van der Waals surface area (Å²) in [6.07, 6.45) is 2.28. The van der Waals surface area contributed by atoms with Crippen LogP contribution in [0.5, 0.6) is 5.75 Å². The zero-order valence-corrected chi connectivity index (χ0v) is 24.8. The van der Waals surface area contributed by atoms with E-state index in [0.29, 0.717) is 32.2 Å². The van der Waals surface area contributed by atoms with Crippen LogP contribution in [-0.2, 0) is 33.7 Å². The summed E-state index contributed by atoms with van der Waals surface area (Å²) in [5.74, 6) is 0.348. The molecule has 0 unspecified atom stereocenters. The fraction of sp³-hybridized carbons (Fsp3) is 0.471. The monoisotopic (exact) mass is 571 g/mol. The van der Waals surface area contributed by atoms with Crippen LogP contribution >= 0.6 is 0 Å². The molecule has 0 amide bonds. The fourth-order valence-corrected chi connectivity index (χ4v) is 6.62. The maximum atomic E-state index is 11.7. The van der Waals surface area contributed by atoms with Gasteiger partial charge in [0.25, 0.3) is 0 Å². The number of rotatable bonds is 8. The van der Waals surface area contributed by atoms with Gasteiger partial charge in [0.15, 0.2) is 0 Å². The second kappa shape index (κ2) is 12.4. The van der Waals surface area contributed by atoms with Crippen molar-refractivity contribution in [3.63, 3.8) is 0 Å². The quantitative estimate of drug-likeness (QED) is 0.418. The maximum absolute atomic E-state index is 11.7. The smallest absolute Gasteiger partial charge is 0.309 e. The first-order valence-electron chi connectivity index (χ1n) is 15.1. The van der Waals surface area contributed by atoms with Crippen molar-refractivity contribution in [3.8, 4) is 17.0 Å². The summed E-state index contributed by atoms with van der Waals surface area (Å²) in [5.41, 5.74) is 8.33. The summed E-state index contributed by atoms with van der Waals surface area (Å²) < 4.78 is 17.6. The van der Waals surface area contributed by atoms with Gasteiger partial charge in [0.2, 0.25) is 0 Å². The van der Waals surface area contributed by atoms with Crippen LogP contribution in [0.4, 0.5) is 5.82 Å². The summed E-state index contributed by atoms with van der Waals surface area (Å²) in [5, 5.41) is 9.57. The molecule has 1 aromatic heterocycles. The Morgan fingerprint density at radius 2 is 1.86 bits per heavy atom. The number of hydrogen-bond acceptors (Lipinski definition) is 7. The third kappa shape index (κ3) is 5.76. The minimum Gasteiger partial charge on any atom is -0.488 e. The molecular weight excluding hydrogens is 530 g/mol. The van der Waals surface area contributed by atoms with E-state index in [9.17, 15) is 9.90 Å². The number of aromatic nitrogens is 1. The molecule has 6 rings (SSSR count). The maximum Gasteiger partial charge on any atom is 0.309 e. The van der Waals surface area contributed by atoms with Crippen LogP contribution in [0.15, 0.2) is 48.5 Å². The van der Waals surface area contributed by atoms with E-state index in [2.05, 4.69) is 47.9 Å². The van der Waals surface area contributed by atoms with Crippen LogP contribution in [0.2, 0.25) is 0 Å². The van der Waals surface area contributed by atoms with Gasteiger partial charge in [-0.2, -0.15) is 0 Å². The number of para-hydroxylation sites is 1. The Hall–Kier alpha value is -3.46. The first-order valence-corrected chi connectivity index (χ1v) is 15.1. The molecule has 0 aliphatic carbocycles. The topological polar surface area (TPSA) is 84.4 Å². The lowest BCUT2D eigenvalue weighted by atomic mass is 9.94. The molecular formula is C34H41N3O5. The normalized spacial score (nSPS) is 21.4. The molecule has 0 spiro atoms. The van der Waals surface area contributed by atoms with Gasteiger partial charge in [-0.25, -0.2) is 4.98 Å². The molecule has 0 radical (unpaired) electrons. The molecule has 0 bridgehead atoms. The number of pyridine rings is 1. The van der Waals surface area contributed by atoms with Gasteiger partial charge in [-0.05, 0) is 79.1 Å². The Bertz CT molecular complexity index is 1440. The minimum absolute atomic E-state index is 0.376. The van der Waals surface area contributed by atoms with Crippen molar-refractivity contribution in [2.45, 2.75) is 51.9 Å². The highest BCUT2D eigenvalue weighted by Crippen LogP contribution is 2.35. The van der Waals surface area contributed by atoms with E-state index < -0.39 is 11.9 Å². The zero-order valence-electron chi connectivity index (χ0n) is 24.8. The Morgan fingerprint density at radius 3 is 2.62 bits per heavy atom. The fourth-order valence-electron chi connectivity index (χ4n) is 6.62. The van der Waals surface area contributed by atoms with Crippen LogP contribution in [0.1, 0.15) is 34.2 Å². The average Bonchev–Trinajstić information content (AvgIpc) is 3.19. The van der Waals surface area contributed by atoms with Gasteiger partial charge < -0.3 is 24.2 Å². The van der Waals surface area contributed by atoms with Gasteiger partial charge >= 0.3 is 5.97 Å². The summed E-state index contributed by atoms with van der Waals surface area (Å²) >= 11 is 0. The van der Waals surface area contributed by atoms with E-state index in [1.807, 2.05) is 24.3 Å². The Morgan fingerprint density at radius 1 is 1.05 bits per heavy atom. The molecule has 3 aliphatic rings. The van der Waals surface area contributed by atoms with Gasteiger partial charge in [0, 0.05) is 38.9 Å². The predicted octanol–water partition coefficient (Wildman–Crippen LogP) is 4.67. The second-order valence-corrected chi connectivity index (χ2v) is 11.8. The third-order valence-electron chi connectivity index (χ3n) is 9.36. The van der Waals surface area contributed by atoms with E-state index in [4.69, 9.17) is 19.2 Å². The molecule has 8 heteroatoms. The number of piperidine rings is 1. The van der Waals surface area contributed by atoms with Gasteiger partial charge in [-0.3, -0.25) is 9.69 Å². The SMILES string of the molecule is CO[C@H]1CN(c2cccc(-c3cccc(C)c3OCc3ccc4c(c3C)CCN(C3COC3)CC4)n2)CC[C@H]1C(=O)O. The van der Waals surface area contributed by atoms with E-state index in [-0.39, 0.29) is 6.10 Å². The molecule has 42 heavy (non-hydrogen) atoms. The van der Waals surface area contributed by atoms with Crippen LogP contribution in [-0.4, -0.2) is 79.6 Å². The largest absolute Gasteiger partial charge is 0.488 e. The van der Waals surface area contributed by atoms with Gasteiger partial charge in [0.05, 0.1) is 37.0 Å². The highest BCUT2D eigenvalue weighted by atomic mass is 16.5. The molecule has 8 nitrogen and oxygen atoms in total. The number of anilines is 1. The summed E-state index contributed by atoms with van der Waals surface area (Å²) in [6, 6.07) is 17.3. The van der Waals surface area contributed by atoms with Gasteiger partial charge in [-0.15, -0.1) is 0 Å². The highest BCUT2D eigenvalue weighted by Gasteiger charge is 2.35. The molecule has 2 saturated heterocycles. The van der Waals surface area contributed by atoms with Gasteiger partial charge in [0.1, 0.15) is 18.2 Å². The highest BCUT2D eigenvalue weighted by molar-refractivity contribution is 5.72. The number of ether oxygens (including phenoxy) is 3. The number of benzene rings is 2. The van der Waals surface area contributed by atoms with Crippen molar-refractivity contribution >= 4 is 11.8 Å². The molecule has 0 saturated carbocycles. The number of carboxylic acids is 1. The van der Waals surface area contributed by atoms with Crippen molar-refractivity contribution in [2.75, 3.05) is 51.4 Å². The van der Waals surface area contributed by atoms with Crippen LogP contribution < -0.4 is 9.64 Å². The summed E-state index contributed by atoms with van der Waals surface area (Å²) in [6.45, 7) is 9.82. The lowest BCUT2D eigenvalue weighted by molar-refractivity contribution is -0.147. The Labute approximate surface area is 248 Å². The number of methoxy groups -OCH3 is 1. The lowest BCUT2D eigenvalue weighted by Crippen LogP contribution is -2.49. The van der Waals surface area contributed by atoms with Crippen molar-refractivity contribution in [1.82, 2.24) is 9.88 Å². The Balaban J connectivity index is 1.20. The molecule has 4 heterocycles. The third-order valence-corrected chi connectivity index (χ3v) is 9.36. The van der Waals surface area contributed by atoms with E-state index >= 15 is 0 Å². The van der Waals surface area contributed by atoms with Crippen LogP contribution in [0, 0.1) is 19.8 Å². The van der Waals surface area contributed by atoms with E-state index in [0.717, 1.165) is 67.5 Å². The number of carbonyl (C=O) groups is 1. The summed E-state index contributed by atoms with van der Waals surface area (Å²) in [7, 11) is 1.58. The molecule has 3 aliphatic heterocycles. The van der Waals surface area contributed by atoms with Crippen molar-refractivity contribution in [2.24, 2.45) is 5.92 Å². The molecule has 222 valence electrons. The molecule has 3 aromatic rings. The molecule has 2 aromatic carbocycles. The predicted molar refractivity (Wildman–Crippen MR) is 162 cm³/mol. The number of aliphatic carboxylic acids is 1. The van der Waals surface area contributed by atoms with Crippen LogP contribution in [0.25, 0.3) is 11.3 Å². The number of fused-ring (bicyclic) bond motifs is 1. The number of carboxylic acid groups (broad SMARTS) is 1. The number of aryl methyl sites for hydroxylation is 1. The van der Waals surface area contributed by atoms with E-state index in [1.165, 1.54) is 22.3 Å². The standard InChI is InChI=1S/C34H41N3O5/c1-22-6-4-7-28(30-8-5-9-32(35-30)37-17-14-29(34(38)39)31(18-37)40-3)33(22)42-19-25-11-10-24-12-15-36(26-20-41-21-26)16-13-27(24)23(25)2/h4-11,26,29,31H,12-21H2,1-3H3,(H,38,39)/t29-,31+/m1/s1. The first kappa shape index (κ1) is 28.6. The van der Waals surface area contributed by atoms with Crippen molar-refractivity contribution in [3.05, 3.63) is 76.3 Å². The van der Waals surface area contributed by atoms with Gasteiger partial charge in [-0.1, -0.05) is 30.3 Å². The van der Waals surface area contributed by atoms with Crippen LogP contribution in [0.3, 0.4) is 0 Å². The second-order valence-electron chi connectivity index (χ2n) is 11.8.